The zero-order chi connectivity index (χ0) is 10.3. The van der Waals surface area contributed by atoms with Crippen LogP contribution in [0.3, 0.4) is 0 Å². The first-order chi connectivity index (χ1) is 6.04. The summed E-state index contributed by atoms with van der Waals surface area (Å²) in [7, 11) is 0. The van der Waals surface area contributed by atoms with E-state index < -0.39 is 5.91 Å². The fourth-order valence-corrected chi connectivity index (χ4v) is 0.545. The molecule has 0 saturated heterocycles. The van der Waals surface area contributed by atoms with Crippen LogP contribution in [0.5, 0.6) is 0 Å². The summed E-state index contributed by atoms with van der Waals surface area (Å²) in [6.07, 6.45) is 4.83. The highest BCUT2D eigenvalue weighted by Crippen LogP contribution is 1.88. The maximum absolute atomic E-state index is 10.5. The number of rotatable bonds is 5. The van der Waals surface area contributed by atoms with Crippen LogP contribution >= 0.6 is 0 Å². The number of hydrogen-bond acceptors (Lipinski definition) is 2. The van der Waals surface area contributed by atoms with Gasteiger partial charge in [-0.1, -0.05) is 0 Å². The zero-order valence-corrected chi connectivity index (χ0v) is 7.49. The van der Waals surface area contributed by atoms with Crippen molar-refractivity contribution >= 4 is 11.8 Å². The van der Waals surface area contributed by atoms with Gasteiger partial charge in [-0.05, 0) is 19.1 Å². The van der Waals surface area contributed by atoms with E-state index in [1.165, 1.54) is 0 Å². The first-order valence-corrected chi connectivity index (χ1v) is 3.79. The van der Waals surface area contributed by atoms with Crippen LogP contribution < -0.4 is 16.8 Å². The van der Waals surface area contributed by atoms with Crippen molar-refractivity contribution in [3.8, 4) is 0 Å². The minimum absolute atomic E-state index is 0.194. The number of nitrogens with two attached hydrogens (primary N) is 3. The molecule has 0 aliphatic carbocycles. The summed E-state index contributed by atoms with van der Waals surface area (Å²) < 4.78 is 0. The van der Waals surface area contributed by atoms with Gasteiger partial charge in [-0.2, -0.15) is 0 Å². The second kappa shape index (κ2) is 5.96. The molecule has 2 amide bonds. The third kappa shape index (κ3) is 6.77. The lowest BCUT2D eigenvalue weighted by atomic mass is 10.3. The first kappa shape index (κ1) is 11.4. The largest absolute Gasteiger partial charge is 0.366 e. The molecule has 0 heterocycles. The van der Waals surface area contributed by atoms with Crippen molar-refractivity contribution in [2.45, 2.75) is 6.92 Å². The Labute approximate surface area is 76.5 Å². The molecule has 72 valence electrons. The van der Waals surface area contributed by atoms with Crippen molar-refractivity contribution < 1.29 is 14.9 Å². The highest BCUT2D eigenvalue weighted by Gasteiger charge is 1.93. The SMILES string of the molecule is C/C(=C\C=C/[NH2+]CC(N)=O)C(N)=O. The number of carbonyl (C=O) groups excluding carboxylic acids is 2. The second-order valence-electron chi connectivity index (χ2n) is 2.50. The van der Waals surface area contributed by atoms with Gasteiger partial charge in [0.05, 0.1) is 6.20 Å². The van der Waals surface area contributed by atoms with Crippen molar-refractivity contribution in [3.05, 3.63) is 23.9 Å². The molecule has 13 heavy (non-hydrogen) atoms. The summed E-state index contributed by atoms with van der Waals surface area (Å²) in [5.41, 5.74) is 10.3. The van der Waals surface area contributed by atoms with E-state index in [1.54, 1.807) is 30.6 Å². The van der Waals surface area contributed by atoms with Crippen molar-refractivity contribution in [2.24, 2.45) is 11.5 Å². The number of quaternary nitrogens is 1. The Morgan fingerprint density at radius 3 is 2.46 bits per heavy atom. The molecule has 0 aliphatic heterocycles. The topological polar surface area (TPSA) is 103 Å². The predicted octanol–water partition coefficient (Wildman–Crippen LogP) is -2.02. The molecule has 0 fully saturated rings. The summed E-state index contributed by atoms with van der Waals surface area (Å²) in [5.74, 6) is -0.847. The molecule has 0 saturated carbocycles. The van der Waals surface area contributed by atoms with Gasteiger partial charge in [0.1, 0.15) is 0 Å². The van der Waals surface area contributed by atoms with Gasteiger partial charge < -0.3 is 16.8 Å². The van der Waals surface area contributed by atoms with Gasteiger partial charge in [-0.15, -0.1) is 0 Å². The first-order valence-electron chi connectivity index (χ1n) is 3.79. The predicted molar refractivity (Wildman–Crippen MR) is 48.1 cm³/mol. The summed E-state index contributed by atoms with van der Waals surface area (Å²) in [6, 6.07) is 0. The van der Waals surface area contributed by atoms with Gasteiger partial charge in [0.25, 0.3) is 5.91 Å². The van der Waals surface area contributed by atoms with Crippen molar-refractivity contribution in [3.63, 3.8) is 0 Å². The Balaban J connectivity index is 3.81. The molecular formula is C8H14N3O2+. The lowest BCUT2D eigenvalue weighted by Crippen LogP contribution is -2.80. The van der Waals surface area contributed by atoms with E-state index in [0.717, 1.165) is 0 Å². The minimum atomic E-state index is -0.459. The molecule has 0 aromatic heterocycles. The second-order valence-corrected chi connectivity index (χ2v) is 2.50. The Morgan fingerprint density at radius 2 is 2.00 bits per heavy atom. The van der Waals surface area contributed by atoms with Gasteiger partial charge in [-0.3, -0.25) is 9.59 Å². The highest BCUT2D eigenvalue weighted by molar-refractivity contribution is 5.91. The number of carbonyl (C=O) groups is 2. The molecule has 0 bridgehead atoms. The van der Waals surface area contributed by atoms with E-state index >= 15 is 0 Å². The van der Waals surface area contributed by atoms with Crippen LogP contribution in [-0.4, -0.2) is 18.4 Å². The summed E-state index contributed by atoms with van der Waals surface area (Å²) >= 11 is 0. The molecule has 0 atom stereocenters. The summed E-state index contributed by atoms with van der Waals surface area (Å²) in [4.78, 5) is 20.8. The number of allylic oxidation sites excluding steroid dienone is 2. The van der Waals surface area contributed by atoms with Crippen molar-refractivity contribution in [1.82, 2.24) is 0 Å². The van der Waals surface area contributed by atoms with Crippen LogP contribution in [0.2, 0.25) is 0 Å². The Kier molecular flexibility index (Phi) is 5.22. The number of primary amides is 2. The smallest absolute Gasteiger partial charge is 0.272 e. The number of amides is 2. The Morgan fingerprint density at radius 1 is 1.38 bits per heavy atom. The van der Waals surface area contributed by atoms with Gasteiger partial charge >= 0.3 is 0 Å². The average molecular weight is 184 g/mol. The molecule has 0 aromatic rings. The fraction of sp³-hybridized carbons (Fsp3) is 0.250. The van der Waals surface area contributed by atoms with E-state index in [2.05, 4.69) is 0 Å². The zero-order valence-electron chi connectivity index (χ0n) is 7.49. The lowest BCUT2D eigenvalue weighted by molar-refractivity contribution is -0.575. The van der Waals surface area contributed by atoms with E-state index in [4.69, 9.17) is 11.5 Å². The van der Waals surface area contributed by atoms with Gasteiger partial charge in [0.2, 0.25) is 5.91 Å². The van der Waals surface area contributed by atoms with E-state index in [9.17, 15) is 9.59 Å². The molecule has 0 radical (unpaired) electrons. The third-order valence-corrected chi connectivity index (χ3v) is 1.30. The van der Waals surface area contributed by atoms with Crippen LogP contribution in [0.4, 0.5) is 0 Å². The summed E-state index contributed by atoms with van der Waals surface area (Å²) in [5, 5.41) is 1.60. The van der Waals surface area contributed by atoms with Crippen molar-refractivity contribution in [2.75, 3.05) is 6.54 Å². The highest BCUT2D eigenvalue weighted by atomic mass is 16.1. The lowest BCUT2D eigenvalue weighted by Gasteiger charge is -1.89. The standard InChI is InChI=1S/C8H13N3O2/c1-6(8(10)13)3-2-4-11-5-7(9)12/h2-4,11H,5H2,1H3,(H2,9,12)(H2,10,13)/p+1/b4-2-,6-3+. The van der Waals surface area contributed by atoms with Crippen LogP contribution in [0.15, 0.2) is 23.9 Å². The van der Waals surface area contributed by atoms with Crippen molar-refractivity contribution in [1.29, 1.82) is 0 Å². The third-order valence-electron chi connectivity index (χ3n) is 1.30. The molecule has 5 nitrogen and oxygen atoms in total. The molecule has 0 aromatic carbocycles. The quantitative estimate of drug-likeness (QED) is 0.339. The molecular weight excluding hydrogens is 170 g/mol. The maximum Gasteiger partial charge on any atom is 0.272 e. The molecule has 5 heteroatoms. The van der Waals surface area contributed by atoms with Crippen LogP contribution in [0.1, 0.15) is 6.92 Å². The maximum atomic E-state index is 10.5. The van der Waals surface area contributed by atoms with Crippen LogP contribution in [0.25, 0.3) is 0 Å². The minimum Gasteiger partial charge on any atom is -0.366 e. The Bertz CT molecular complexity index is 256. The fourth-order valence-electron chi connectivity index (χ4n) is 0.545. The van der Waals surface area contributed by atoms with Gasteiger partial charge in [0, 0.05) is 5.57 Å². The normalized spacial score (nSPS) is 11.9. The molecule has 0 spiro atoms. The van der Waals surface area contributed by atoms with Crippen LogP contribution in [-0.2, 0) is 9.59 Å². The molecule has 0 rings (SSSR count). The Hall–Kier alpha value is -1.62. The molecule has 6 N–H and O–H groups in total. The molecule has 0 unspecified atom stereocenters. The van der Waals surface area contributed by atoms with Gasteiger partial charge in [0.15, 0.2) is 6.54 Å². The number of hydrogen-bond donors (Lipinski definition) is 3. The van der Waals surface area contributed by atoms with E-state index in [0.29, 0.717) is 5.57 Å². The van der Waals surface area contributed by atoms with Gasteiger partial charge in [-0.25, -0.2) is 0 Å². The summed E-state index contributed by atoms with van der Waals surface area (Å²) in [6.45, 7) is 1.81. The average Bonchev–Trinajstić information content (AvgIpc) is 2.02. The van der Waals surface area contributed by atoms with E-state index in [-0.39, 0.29) is 12.5 Å². The molecule has 0 aliphatic rings. The monoisotopic (exact) mass is 184 g/mol. The van der Waals surface area contributed by atoms with Crippen LogP contribution in [0, 0.1) is 0 Å². The van der Waals surface area contributed by atoms with E-state index in [1.807, 2.05) is 0 Å².